The molecule has 26 heavy (non-hydrogen) atoms. The summed E-state index contributed by atoms with van der Waals surface area (Å²) in [6, 6.07) is 9.55. The number of nitrogens with one attached hydrogen (secondary N) is 2. The Hall–Kier alpha value is -1.24. The standard InChI is InChI=1S/C19H29N3O2S.ClH/c1-20-16-9-6-11-22(14-16)19(24)17(10-12-25-2)21-18(23)13-15-7-4-3-5-8-15;/h3-5,7-8,16-17,20H,6,9-14H2,1-2H3,(H,21,23);1H. The molecule has 0 radical (unpaired) electrons. The van der Waals surface area contributed by atoms with E-state index in [0.29, 0.717) is 18.9 Å². The number of likely N-dealkylation sites (tertiary alicyclic amines) is 1. The van der Waals surface area contributed by atoms with Crippen LogP contribution in [0.5, 0.6) is 0 Å². The minimum Gasteiger partial charge on any atom is -0.344 e. The molecule has 1 saturated heterocycles. The lowest BCUT2D eigenvalue weighted by Gasteiger charge is -2.35. The second-order valence-corrected chi connectivity index (χ2v) is 7.46. The molecule has 2 unspecified atom stereocenters. The van der Waals surface area contributed by atoms with E-state index in [0.717, 1.165) is 37.2 Å². The Morgan fingerprint density at radius 3 is 2.69 bits per heavy atom. The molecule has 1 fully saturated rings. The van der Waals surface area contributed by atoms with Gasteiger partial charge >= 0.3 is 0 Å². The van der Waals surface area contributed by atoms with Gasteiger partial charge in [-0.25, -0.2) is 0 Å². The Bertz CT molecular complexity index is 559. The lowest BCUT2D eigenvalue weighted by Crippen LogP contribution is -2.54. The molecule has 2 rings (SSSR count). The largest absolute Gasteiger partial charge is 0.344 e. The van der Waals surface area contributed by atoms with Crippen molar-refractivity contribution in [3.05, 3.63) is 35.9 Å². The molecule has 0 aliphatic carbocycles. The lowest BCUT2D eigenvalue weighted by molar-refractivity contribution is -0.137. The van der Waals surface area contributed by atoms with E-state index in [9.17, 15) is 9.59 Å². The predicted molar refractivity (Wildman–Crippen MR) is 111 cm³/mol. The number of likely N-dealkylation sites (N-methyl/N-ethyl adjacent to an activating group) is 1. The molecule has 0 aromatic heterocycles. The van der Waals surface area contributed by atoms with Gasteiger partial charge in [0.05, 0.1) is 6.42 Å². The minimum atomic E-state index is -0.431. The topological polar surface area (TPSA) is 61.4 Å². The second kappa shape index (κ2) is 12.2. The van der Waals surface area contributed by atoms with Crippen molar-refractivity contribution in [1.82, 2.24) is 15.5 Å². The summed E-state index contributed by atoms with van der Waals surface area (Å²) in [5, 5.41) is 6.23. The molecule has 0 saturated carbocycles. The molecule has 0 bridgehead atoms. The zero-order chi connectivity index (χ0) is 18.1. The van der Waals surface area contributed by atoms with Crippen LogP contribution in [0.4, 0.5) is 0 Å². The lowest BCUT2D eigenvalue weighted by atomic mass is 10.0. The SMILES string of the molecule is CNC1CCCN(C(=O)C(CCSC)NC(=O)Cc2ccccc2)C1.Cl. The maximum atomic E-state index is 12.9. The van der Waals surface area contributed by atoms with Crippen LogP contribution in [0.25, 0.3) is 0 Å². The van der Waals surface area contributed by atoms with Crippen molar-refractivity contribution in [2.75, 3.05) is 32.1 Å². The molecule has 2 atom stereocenters. The predicted octanol–water partition coefficient (Wildman–Crippen LogP) is 2.10. The number of hydrogen-bond acceptors (Lipinski definition) is 4. The van der Waals surface area contributed by atoms with E-state index in [1.165, 1.54) is 0 Å². The number of amides is 2. The van der Waals surface area contributed by atoms with Crippen LogP contribution in [-0.2, 0) is 16.0 Å². The highest BCUT2D eigenvalue weighted by atomic mass is 35.5. The zero-order valence-corrected chi connectivity index (χ0v) is 17.2. The third kappa shape index (κ3) is 7.17. The maximum Gasteiger partial charge on any atom is 0.245 e. The number of carbonyl (C=O) groups excluding carboxylic acids is 2. The van der Waals surface area contributed by atoms with E-state index in [-0.39, 0.29) is 24.2 Å². The second-order valence-electron chi connectivity index (χ2n) is 6.48. The molecule has 7 heteroatoms. The maximum absolute atomic E-state index is 12.9. The van der Waals surface area contributed by atoms with E-state index >= 15 is 0 Å². The molecule has 146 valence electrons. The molecule has 1 heterocycles. The van der Waals surface area contributed by atoms with Crippen molar-refractivity contribution in [3.63, 3.8) is 0 Å². The monoisotopic (exact) mass is 399 g/mol. The fourth-order valence-electron chi connectivity index (χ4n) is 3.15. The van der Waals surface area contributed by atoms with Crippen LogP contribution in [-0.4, -0.2) is 60.9 Å². The summed E-state index contributed by atoms with van der Waals surface area (Å²) >= 11 is 1.70. The van der Waals surface area contributed by atoms with Crippen molar-refractivity contribution in [3.8, 4) is 0 Å². The number of piperidine rings is 1. The third-order valence-electron chi connectivity index (χ3n) is 4.59. The van der Waals surface area contributed by atoms with E-state index < -0.39 is 6.04 Å². The summed E-state index contributed by atoms with van der Waals surface area (Å²) in [6.07, 6.45) is 5.09. The van der Waals surface area contributed by atoms with E-state index in [4.69, 9.17) is 0 Å². The van der Waals surface area contributed by atoms with Crippen molar-refractivity contribution >= 4 is 36.0 Å². The highest BCUT2D eigenvalue weighted by Crippen LogP contribution is 2.13. The minimum absolute atomic E-state index is 0. The third-order valence-corrected chi connectivity index (χ3v) is 5.24. The first-order valence-electron chi connectivity index (χ1n) is 8.92. The number of halogens is 1. The summed E-state index contributed by atoms with van der Waals surface area (Å²) in [6.45, 7) is 1.50. The first kappa shape index (κ1) is 22.8. The molecule has 0 spiro atoms. The Kier molecular flexibility index (Phi) is 10.7. The van der Waals surface area contributed by atoms with Gasteiger partial charge in [-0.2, -0.15) is 11.8 Å². The average molecular weight is 400 g/mol. The van der Waals surface area contributed by atoms with Gasteiger partial charge in [-0.15, -0.1) is 12.4 Å². The van der Waals surface area contributed by atoms with Crippen LogP contribution in [0.3, 0.4) is 0 Å². The number of carbonyl (C=O) groups is 2. The smallest absolute Gasteiger partial charge is 0.245 e. The van der Waals surface area contributed by atoms with E-state index in [1.807, 2.05) is 48.5 Å². The van der Waals surface area contributed by atoms with E-state index in [2.05, 4.69) is 10.6 Å². The van der Waals surface area contributed by atoms with Gasteiger partial charge in [-0.3, -0.25) is 9.59 Å². The van der Waals surface area contributed by atoms with Gasteiger partial charge in [-0.1, -0.05) is 30.3 Å². The molecule has 2 N–H and O–H groups in total. The van der Waals surface area contributed by atoms with Crippen molar-refractivity contribution in [1.29, 1.82) is 0 Å². The molecule has 1 aliphatic rings. The van der Waals surface area contributed by atoms with Gasteiger partial charge < -0.3 is 15.5 Å². The number of hydrogen-bond donors (Lipinski definition) is 2. The molecule has 1 aromatic carbocycles. The number of rotatable bonds is 8. The summed E-state index contributed by atoms with van der Waals surface area (Å²) in [5.74, 6) is 0.814. The van der Waals surface area contributed by atoms with E-state index in [1.54, 1.807) is 11.8 Å². The summed E-state index contributed by atoms with van der Waals surface area (Å²) in [5.41, 5.74) is 0.962. The van der Waals surface area contributed by atoms with Crippen LogP contribution in [0, 0.1) is 0 Å². The van der Waals surface area contributed by atoms with Crippen LogP contribution < -0.4 is 10.6 Å². The number of benzene rings is 1. The first-order chi connectivity index (χ1) is 12.1. The molecular weight excluding hydrogens is 370 g/mol. The van der Waals surface area contributed by atoms with Gasteiger partial charge in [0.15, 0.2) is 0 Å². The zero-order valence-electron chi connectivity index (χ0n) is 15.6. The Morgan fingerprint density at radius 1 is 1.31 bits per heavy atom. The molecular formula is C19H30ClN3O2S. The highest BCUT2D eigenvalue weighted by Gasteiger charge is 2.29. The van der Waals surface area contributed by atoms with Crippen molar-refractivity contribution < 1.29 is 9.59 Å². The fraction of sp³-hybridized carbons (Fsp3) is 0.579. The van der Waals surface area contributed by atoms with Gasteiger partial charge in [0.1, 0.15) is 6.04 Å². The van der Waals surface area contributed by atoms with Gasteiger partial charge in [-0.05, 0) is 43.9 Å². The first-order valence-corrected chi connectivity index (χ1v) is 10.3. The summed E-state index contributed by atoms with van der Waals surface area (Å²) in [7, 11) is 1.94. The fourth-order valence-corrected chi connectivity index (χ4v) is 3.62. The Labute approximate surface area is 167 Å². The van der Waals surface area contributed by atoms with Crippen LogP contribution in [0.15, 0.2) is 30.3 Å². The quantitative estimate of drug-likeness (QED) is 0.702. The molecule has 1 aliphatic heterocycles. The average Bonchev–Trinajstić information content (AvgIpc) is 2.65. The number of thioether (sulfide) groups is 1. The van der Waals surface area contributed by atoms with Crippen LogP contribution in [0.1, 0.15) is 24.8 Å². The van der Waals surface area contributed by atoms with Gasteiger partial charge in [0.25, 0.3) is 0 Å². The van der Waals surface area contributed by atoms with Crippen molar-refractivity contribution in [2.24, 2.45) is 0 Å². The number of nitrogens with zero attached hydrogens (tertiary/aromatic N) is 1. The highest BCUT2D eigenvalue weighted by molar-refractivity contribution is 7.98. The Balaban J connectivity index is 0.00000338. The van der Waals surface area contributed by atoms with Crippen LogP contribution >= 0.6 is 24.2 Å². The Morgan fingerprint density at radius 2 is 2.04 bits per heavy atom. The summed E-state index contributed by atoms with van der Waals surface area (Å²) < 4.78 is 0. The van der Waals surface area contributed by atoms with Gasteiger partial charge in [0, 0.05) is 19.1 Å². The molecule has 1 aromatic rings. The molecule has 5 nitrogen and oxygen atoms in total. The van der Waals surface area contributed by atoms with Gasteiger partial charge in [0.2, 0.25) is 11.8 Å². The normalized spacial score (nSPS) is 17.9. The van der Waals surface area contributed by atoms with Crippen LogP contribution in [0.2, 0.25) is 0 Å². The summed E-state index contributed by atoms with van der Waals surface area (Å²) in [4.78, 5) is 27.2. The van der Waals surface area contributed by atoms with Crippen molar-refractivity contribution in [2.45, 2.75) is 37.8 Å². The molecule has 2 amide bonds.